The summed E-state index contributed by atoms with van der Waals surface area (Å²) in [6.45, 7) is 8.20. The molecule has 0 aromatic carbocycles. The molecule has 1 aromatic rings. The number of piperidine rings is 1. The monoisotopic (exact) mass is 358 g/mol. The number of rotatable bonds is 5. The van der Waals surface area contributed by atoms with Gasteiger partial charge in [0.1, 0.15) is 0 Å². The zero-order valence-corrected chi connectivity index (χ0v) is 16.1. The molecule has 0 unspecified atom stereocenters. The van der Waals surface area contributed by atoms with Crippen LogP contribution in [0.5, 0.6) is 0 Å². The highest BCUT2D eigenvalue weighted by Gasteiger charge is 2.33. The SMILES string of the molecule is O=C([C@H]1CCCN(C2CCCC2)C1)N1CCN(CCn2cccc2)CC1. The second kappa shape index (κ2) is 8.57. The Balaban J connectivity index is 1.22. The van der Waals surface area contributed by atoms with Crippen molar-refractivity contribution in [3.05, 3.63) is 24.5 Å². The van der Waals surface area contributed by atoms with Crippen molar-refractivity contribution in [3.63, 3.8) is 0 Å². The molecule has 3 fully saturated rings. The number of carbonyl (C=O) groups excluding carboxylic acids is 1. The Labute approximate surface area is 157 Å². The third-order valence-corrected chi connectivity index (χ3v) is 6.67. The molecule has 2 saturated heterocycles. The smallest absolute Gasteiger partial charge is 0.227 e. The van der Waals surface area contributed by atoms with E-state index in [2.05, 4.69) is 43.8 Å². The van der Waals surface area contributed by atoms with Crippen molar-refractivity contribution < 1.29 is 4.79 Å². The van der Waals surface area contributed by atoms with Gasteiger partial charge in [-0.15, -0.1) is 0 Å². The normalized spacial score (nSPS) is 26.5. The van der Waals surface area contributed by atoms with E-state index in [0.717, 1.165) is 58.3 Å². The van der Waals surface area contributed by atoms with Crippen molar-refractivity contribution in [3.8, 4) is 0 Å². The van der Waals surface area contributed by atoms with Gasteiger partial charge in [0.2, 0.25) is 5.91 Å². The molecule has 3 heterocycles. The minimum atomic E-state index is 0.246. The summed E-state index contributed by atoms with van der Waals surface area (Å²) in [4.78, 5) is 20.3. The highest BCUT2D eigenvalue weighted by molar-refractivity contribution is 5.79. The van der Waals surface area contributed by atoms with Crippen molar-refractivity contribution >= 4 is 5.91 Å². The van der Waals surface area contributed by atoms with Crippen LogP contribution in [-0.2, 0) is 11.3 Å². The van der Waals surface area contributed by atoms with Gasteiger partial charge in [0, 0.05) is 64.2 Å². The van der Waals surface area contributed by atoms with E-state index in [1.165, 1.54) is 38.6 Å². The summed E-state index contributed by atoms with van der Waals surface area (Å²) in [5.74, 6) is 0.675. The predicted octanol–water partition coefficient (Wildman–Crippen LogP) is 2.29. The average Bonchev–Trinajstić information content (AvgIpc) is 3.40. The van der Waals surface area contributed by atoms with E-state index < -0.39 is 0 Å². The van der Waals surface area contributed by atoms with Crippen LogP contribution in [0.3, 0.4) is 0 Å². The molecule has 1 aromatic heterocycles. The first-order chi connectivity index (χ1) is 12.8. The minimum Gasteiger partial charge on any atom is -0.353 e. The predicted molar refractivity (Wildman–Crippen MR) is 104 cm³/mol. The van der Waals surface area contributed by atoms with E-state index in [4.69, 9.17) is 0 Å². The number of hydrogen-bond donors (Lipinski definition) is 0. The van der Waals surface area contributed by atoms with Gasteiger partial charge in [-0.3, -0.25) is 14.6 Å². The molecule has 0 radical (unpaired) electrons. The Morgan fingerprint density at radius 1 is 0.846 bits per heavy atom. The lowest BCUT2D eigenvalue weighted by molar-refractivity contribution is -0.139. The molecule has 3 aliphatic rings. The average molecular weight is 359 g/mol. The lowest BCUT2D eigenvalue weighted by Gasteiger charge is -2.40. The second-order valence-corrected chi connectivity index (χ2v) is 8.36. The van der Waals surface area contributed by atoms with Crippen LogP contribution in [0.25, 0.3) is 0 Å². The molecule has 5 nitrogen and oxygen atoms in total. The maximum atomic E-state index is 13.0. The first-order valence-electron chi connectivity index (χ1n) is 10.7. The summed E-state index contributed by atoms with van der Waals surface area (Å²) in [5, 5.41) is 0. The number of aromatic nitrogens is 1. The fourth-order valence-corrected chi connectivity index (χ4v) is 5.04. The lowest BCUT2D eigenvalue weighted by Crippen LogP contribution is -2.53. The number of carbonyl (C=O) groups is 1. The molecule has 2 aliphatic heterocycles. The molecular weight excluding hydrogens is 324 g/mol. The fraction of sp³-hybridized carbons (Fsp3) is 0.762. The highest BCUT2D eigenvalue weighted by Crippen LogP contribution is 2.28. The third kappa shape index (κ3) is 4.32. The number of piperazine rings is 1. The van der Waals surface area contributed by atoms with E-state index in [0.29, 0.717) is 5.91 Å². The maximum absolute atomic E-state index is 13.0. The van der Waals surface area contributed by atoms with Gasteiger partial charge in [-0.25, -0.2) is 0 Å². The van der Waals surface area contributed by atoms with E-state index in [1.54, 1.807) is 0 Å². The Morgan fingerprint density at radius 2 is 1.58 bits per heavy atom. The van der Waals surface area contributed by atoms with Gasteiger partial charge in [-0.05, 0) is 44.4 Å². The molecule has 26 heavy (non-hydrogen) atoms. The van der Waals surface area contributed by atoms with Crippen molar-refractivity contribution in [2.75, 3.05) is 45.8 Å². The number of likely N-dealkylation sites (tertiary alicyclic amines) is 1. The lowest BCUT2D eigenvalue weighted by atomic mass is 9.94. The number of hydrogen-bond acceptors (Lipinski definition) is 3. The molecule has 1 aliphatic carbocycles. The summed E-state index contributed by atoms with van der Waals surface area (Å²) in [6, 6.07) is 4.92. The van der Waals surface area contributed by atoms with Gasteiger partial charge in [0.05, 0.1) is 5.92 Å². The maximum Gasteiger partial charge on any atom is 0.227 e. The van der Waals surface area contributed by atoms with Crippen LogP contribution in [0, 0.1) is 5.92 Å². The van der Waals surface area contributed by atoms with Crippen LogP contribution in [-0.4, -0.2) is 77.0 Å². The van der Waals surface area contributed by atoms with Gasteiger partial charge >= 0.3 is 0 Å². The van der Waals surface area contributed by atoms with Gasteiger partial charge in [-0.2, -0.15) is 0 Å². The summed E-state index contributed by atoms with van der Waals surface area (Å²) in [7, 11) is 0. The van der Waals surface area contributed by atoms with E-state index in [1.807, 2.05) is 0 Å². The van der Waals surface area contributed by atoms with Crippen LogP contribution in [0.4, 0.5) is 0 Å². The number of amides is 1. The van der Waals surface area contributed by atoms with Gasteiger partial charge < -0.3 is 9.47 Å². The quantitative estimate of drug-likeness (QED) is 0.809. The van der Waals surface area contributed by atoms with Crippen LogP contribution >= 0.6 is 0 Å². The molecule has 5 heteroatoms. The number of nitrogens with zero attached hydrogens (tertiary/aromatic N) is 4. The van der Waals surface area contributed by atoms with E-state index in [-0.39, 0.29) is 5.92 Å². The molecular formula is C21H34N4O. The van der Waals surface area contributed by atoms with E-state index in [9.17, 15) is 4.79 Å². The van der Waals surface area contributed by atoms with E-state index >= 15 is 0 Å². The first-order valence-corrected chi connectivity index (χ1v) is 10.7. The summed E-state index contributed by atoms with van der Waals surface area (Å²) < 4.78 is 2.23. The highest BCUT2D eigenvalue weighted by atomic mass is 16.2. The van der Waals surface area contributed by atoms with Crippen molar-refractivity contribution in [2.24, 2.45) is 5.92 Å². The van der Waals surface area contributed by atoms with Crippen LogP contribution in [0.15, 0.2) is 24.5 Å². The Morgan fingerprint density at radius 3 is 2.31 bits per heavy atom. The first kappa shape index (κ1) is 18.1. The van der Waals surface area contributed by atoms with Crippen molar-refractivity contribution in [1.29, 1.82) is 0 Å². The molecule has 0 N–H and O–H groups in total. The zero-order chi connectivity index (χ0) is 17.8. The van der Waals surface area contributed by atoms with Gasteiger partial charge in [0.15, 0.2) is 0 Å². The Kier molecular flexibility index (Phi) is 5.95. The zero-order valence-electron chi connectivity index (χ0n) is 16.1. The molecule has 0 bridgehead atoms. The standard InChI is InChI=1S/C21H34N4O/c26-21(19-6-5-11-25(18-19)20-7-1-2-8-20)24-16-14-23(15-17-24)13-12-22-9-3-4-10-22/h3-4,9-10,19-20H,1-2,5-8,11-18H2/t19-/m0/s1. The van der Waals surface area contributed by atoms with Gasteiger partial charge in [0.25, 0.3) is 0 Å². The molecule has 0 spiro atoms. The van der Waals surface area contributed by atoms with Crippen LogP contribution in [0.1, 0.15) is 38.5 Å². The van der Waals surface area contributed by atoms with Crippen LogP contribution in [0.2, 0.25) is 0 Å². The molecule has 1 saturated carbocycles. The minimum absolute atomic E-state index is 0.246. The molecule has 4 rings (SSSR count). The third-order valence-electron chi connectivity index (χ3n) is 6.67. The van der Waals surface area contributed by atoms with Crippen molar-refractivity contribution in [1.82, 2.24) is 19.3 Å². The van der Waals surface area contributed by atoms with Crippen molar-refractivity contribution in [2.45, 2.75) is 51.1 Å². The Hall–Kier alpha value is -1.33. The summed E-state index contributed by atoms with van der Waals surface area (Å²) >= 11 is 0. The summed E-state index contributed by atoms with van der Waals surface area (Å²) in [5.41, 5.74) is 0. The topological polar surface area (TPSA) is 31.7 Å². The second-order valence-electron chi connectivity index (χ2n) is 8.36. The van der Waals surface area contributed by atoms with Gasteiger partial charge in [-0.1, -0.05) is 12.8 Å². The largest absolute Gasteiger partial charge is 0.353 e. The molecule has 1 amide bonds. The molecule has 144 valence electrons. The summed E-state index contributed by atoms with van der Waals surface area (Å²) in [6.07, 6.45) is 12.0. The fourth-order valence-electron chi connectivity index (χ4n) is 5.04. The van der Waals surface area contributed by atoms with Crippen LogP contribution < -0.4 is 0 Å². The molecule has 1 atom stereocenters. The Bertz CT molecular complexity index is 559.